The van der Waals surface area contributed by atoms with Gasteiger partial charge in [0.2, 0.25) is 5.75 Å². The molecular formula is C46H60N2O12+2. The van der Waals surface area contributed by atoms with E-state index >= 15 is 0 Å². The molecule has 3 aromatic carbocycles. The highest BCUT2D eigenvalue weighted by Gasteiger charge is 2.40. The number of ether oxygens (including phenoxy) is 8. The fourth-order valence-corrected chi connectivity index (χ4v) is 8.85. The average molecular weight is 833 g/mol. The van der Waals surface area contributed by atoms with E-state index in [2.05, 4.69) is 19.2 Å². The van der Waals surface area contributed by atoms with Gasteiger partial charge in [-0.3, -0.25) is 9.59 Å². The van der Waals surface area contributed by atoms with Crippen LogP contribution in [0.4, 0.5) is 0 Å². The normalized spacial score (nSPS) is 17.9. The zero-order chi connectivity index (χ0) is 43.3. The molecule has 2 atom stereocenters. The molecule has 0 radical (unpaired) electrons. The fourth-order valence-electron chi connectivity index (χ4n) is 8.85. The van der Waals surface area contributed by atoms with Crippen LogP contribution < -0.4 is 28.4 Å². The Balaban J connectivity index is 1.15. The standard InChI is InChI=1S/C46H60N2O12/c1-47(19-14-34-27-40(54-3)41(55-4)28-36(34)38(47)23-32-24-42(56-5)46(58-7)43(25-32)57-6)15-10-20-59-44(51)12-13-45(52)60-21-11-18-48(16-8-9-17-48)29-33-22-35(30-49)37(31-50)39(26-33)53-2/h12-13,22,24-28,30-31,38H,8-11,14-21,23,29H2,1-7H3/q+2. The summed E-state index contributed by atoms with van der Waals surface area (Å²) in [7, 11) is 11.8. The van der Waals surface area contributed by atoms with Crippen molar-refractivity contribution < 1.29 is 66.0 Å². The molecule has 2 aliphatic rings. The molecule has 2 aliphatic heterocycles. The molecule has 60 heavy (non-hydrogen) atoms. The smallest absolute Gasteiger partial charge is 0.331 e. The lowest BCUT2D eigenvalue weighted by Gasteiger charge is -2.46. The van der Waals surface area contributed by atoms with Crippen molar-refractivity contribution in [3.05, 3.63) is 81.9 Å². The monoisotopic (exact) mass is 832 g/mol. The average Bonchev–Trinajstić information content (AvgIpc) is 3.73. The maximum Gasteiger partial charge on any atom is 0.331 e. The van der Waals surface area contributed by atoms with Crippen molar-refractivity contribution in [2.24, 2.45) is 0 Å². The predicted octanol–water partition coefficient (Wildman–Crippen LogP) is 5.88. The van der Waals surface area contributed by atoms with Gasteiger partial charge in [0.05, 0.1) is 101 Å². The molecule has 2 unspecified atom stereocenters. The molecular weight excluding hydrogens is 773 g/mol. The number of hydrogen-bond donors (Lipinski definition) is 0. The van der Waals surface area contributed by atoms with Gasteiger partial charge in [-0.05, 0) is 47.5 Å². The number of methoxy groups -OCH3 is 6. The van der Waals surface area contributed by atoms with Crippen molar-refractivity contribution in [2.75, 3.05) is 95.6 Å². The summed E-state index contributed by atoms with van der Waals surface area (Å²) in [5.74, 6) is 2.19. The highest BCUT2D eigenvalue weighted by molar-refractivity contribution is 5.93. The quantitative estimate of drug-likeness (QED) is 0.0392. The van der Waals surface area contributed by atoms with Crippen molar-refractivity contribution in [1.29, 1.82) is 0 Å². The van der Waals surface area contributed by atoms with Crippen LogP contribution in [0.25, 0.3) is 0 Å². The first-order valence-electron chi connectivity index (χ1n) is 20.4. The highest BCUT2D eigenvalue weighted by atomic mass is 16.5. The first kappa shape index (κ1) is 45.5. The summed E-state index contributed by atoms with van der Waals surface area (Å²) in [4.78, 5) is 48.5. The van der Waals surface area contributed by atoms with E-state index in [4.69, 9.17) is 37.9 Å². The Morgan fingerprint density at radius 2 is 1.22 bits per heavy atom. The first-order chi connectivity index (χ1) is 29.0. The van der Waals surface area contributed by atoms with Crippen molar-refractivity contribution in [3.8, 4) is 34.5 Å². The van der Waals surface area contributed by atoms with E-state index in [0.717, 1.165) is 85.3 Å². The van der Waals surface area contributed by atoms with Gasteiger partial charge in [0.1, 0.15) is 18.3 Å². The van der Waals surface area contributed by atoms with Crippen LogP contribution in [0.5, 0.6) is 34.5 Å². The summed E-state index contributed by atoms with van der Waals surface area (Å²) in [6, 6.07) is 11.7. The topological polar surface area (TPSA) is 142 Å². The number of rotatable bonds is 22. The minimum absolute atomic E-state index is 0.0119. The minimum Gasteiger partial charge on any atom is -0.496 e. The molecule has 14 nitrogen and oxygen atoms in total. The molecule has 0 saturated carbocycles. The Morgan fingerprint density at radius 1 is 0.650 bits per heavy atom. The lowest BCUT2D eigenvalue weighted by Crippen LogP contribution is -2.52. The molecule has 3 aromatic rings. The predicted molar refractivity (Wildman–Crippen MR) is 224 cm³/mol. The van der Waals surface area contributed by atoms with Gasteiger partial charge >= 0.3 is 11.9 Å². The van der Waals surface area contributed by atoms with Crippen LogP contribution in [-0.4, -0.2) is 129 Å². The number of likely N-dealkylation sites (N-methyl/N-ethyl adjacent to an activating group) is 1. The molecule has 0 bridgehead atoms. The van der Waals surface area contributed by atoms with E-state index in [1.54, 1.807) is 41.6 Å². The molecule has 14 heteroatoms. The van der Waals surface area contributed by atoms with Crippen LogP contribution in [0.1, 0.15) is 74.7 Å². The largest absolute Gasteiger partial charge is 0.496 e. The van der Waals surface area contributed by atoms with Gasteiger partial charge in [0, 0.05) is 67.4 Å². The number of benzene rings is 3. The van der Waals surface area contributed by atoms with Crippen molar-refractivity contribution >= 4 is 24.5 Å². The van der Waals surface area contributed by atoms with E-state index in [1.165, 1.54) is 12.7 Å². The third-order valence-electron chi connectivity index (χ3n) is 12.0. The lowest BCUT2D eigenvalue weighted by atomic mass is 9.86. The summed E-state index contributed by atoms with van der Waals surface area (Å²) in [6.07, 6.45) is 8.38. The van der Waals surface area contributed by atoms with Crippen LogP contribution in [0.3, 0.4) is 0 Å². The van der Waals surface area contributed by atoms with Crippen LogP contribution in [0.15, 0.2) is 48.6 Å². The highest BCUT2D eigenvalue weighted by Crippen LogP contribution is 2.45. The van der Waals surface area contributed by atoms with Gasteiger partial charge in [-0.1, -0.05) is 0 Å². The number of likely N-dealkylation sites (tertiary alicyclic amines) is 1. The third-order valence-corrected chi connectivity index (χ3v) is 12.0. The zero-order valence-corrected chi connectivity index (χ0v) is 36.0. The SMILES string of the molecule is COc1cc2c(cc1OC)C(Cc1cc(OC)c(OC)c(OC)c1)[N+](C)(CCCOC(=O)C=CC(=O)OCCC[N+]1(Cc3cc(C=O)c(C=O)c(OC)c3)CCCC1)CC2. The number of quaternary nitrogens is 2. The number of hydrogen-bond acceptors (Lipinski definition) is 12. The van der Waals surface area contributed by atoms with Gasteiger partial charge < -0.3 is 46.9 Å². The molecule has 0 amide bonds. The van der Waals surface area contributed by atoms with Gasteiger partial charge in [-0.2, -0.15) is 0 Å². The molecule has 5 rings (SSSR count). The molecule has 0 spiro atoms. The first-order valence-corrected chi connectivity index (χ1v) is 20.4. The van der Waals surface area contributed by atoms with Gasteiger partial charge in [0.15, 0.2) is 35.6 Å². The van der Waals surface area contributed by atoms with Crippen LogP contribution in [0.2, 0.25) is 0 Å². The second-order valence-electron chi connectivity index (χ2n) is 15.6. The molecule has 2 heterocycles. The van der Waals surface area contributed by atoms with Crippen molar-refractivity contribution in [3.63, 3.8) is 0 Å². The molecule has 324 valence electrons. The van der Waals surface area contributed by atoms with Gasteiger partial charge in [-0.25, -0.2) is 9.59 Å². The maximum atomic E-state index is 12.7. The third kappa shape index (κ3) is 10.8. The van der Waals surface area contributed by atoms with Crippen molar-refractivity contribution in [1.82, 2.24) is 0 Å². The lowest BCUT2D eigenvalue weighted by molar-refractivity contribution is -0.941. The van der Waals surface area contributed by atoms with E-state index in [-0.39, 0.29) is 24.8 Å². The zero-order valence-electron chi connectivity index (χ0n) is 36.0. The maximum absolute atomic E-state index is 12.7. The second-order valence-corrected chi connectivity index (χ2v) is 15.6. The molecule has 0 aliphatic carbocycles. The molecule has 0 aromatic heterocycles. The Kier molecular flexibility index (Phi) is 16.0. The summed E-state index contributed by atoms with van der Waals surface area (Å²) < 4.78 is 46.1. The number of carbonyl (C=O) groups is 4. The van der Waals surface area contributed by atoms with Gasteiger partial charge in [-0.15, -0.1) is 0 Å². The Labute approximate surface area is 353 Å². The number of fused-ring (bicyclic) bond motifs is 1. The van der Waals surface area contributed by atoms with Crippen LogP contribution >= 0.6 is 0 Å². The molecule has 1 saturated heterocycles. The number of esters is 2. The van der Waals surface area contributed by atoms with Gasteiger partial charge in [0.25, 0.3) is 0 Å². The minimum atomic E-state index is -0.614. The second kappa shape index (κ2) is 21.1. The van der Waals surface area contributed by atoms with Crippen LogP contribution in [0, 0.1) is 0 Å². The number of nitrogens with zero attached hydrogens (tertiary/aromatic N) is 2. The summed E-state index contributed by atoms with van der Waals surface area (Å²) in [5.41, 5.74) is 4.83. The Morgan fingerprint density at radius 3 is 1.77 bits per heavy atom. The summed E-state index contributed by atoms with van der Waals surface area (Å²) in [5, 5.41) is 0. The number of aldehydes is 2. The van der Waals surface area contributed by atoms with E-state index in [9.17, 15) is 19.2 Å². The van der Waals surface area contributed by atoms with E-state index < -0.39 is 11.9 Å². The summed E-state index contributed by atoms with van der Waals surface area (Å²) in [6.45, 7) is 5.29. The van der Waals surface area contributed by atoms with Crippen molar-refractivity contribution in [2.45, 2.75) is 51.1 Å². The molecule has 1 fully saturated rings. The number of carbonyl (C=O) groups excluding carboxylic acids is 4. The Hall–Kier alpha value is -5.60. The van der Waals surface area contributed by atoms with Crippen LogP contribution in [-0.2, 0) is 38.4 Å². The van der Waals surface area contributed by atoms with E-state index in [1.807, 2.05) is 18.2 Å². The summed E-state index contributed by atoms with van der Waals surface area (Å²) >= 11 is 0. The fraction of sp³-hybridized carbons (Fsp3) is 0.478. The Bertz CT molecular complexity index is 2000. The van der Waals surface area contributed by atoms with E-state index in [0.29, 0.717) is 82.9 Å². The molecule has 0 N–H and O–H groups in total.